The Labute approximate surface area is 169 Å². The maximum atomic E-state index is 12.3. The summed E-state index contributed by atoms with van der Waals surface area (Å²) < 4.78 is 10.0. The monoisotopic (exact) mass is 392 g/mol. The number of Topliss-reactive ketones (excluding diaryl/α,β-unsaturated/α-hetero) is 1. The summed E-state index contributed by atoms with van der Waals surface area (Å²) in [4.78, 5) is 34.7. The second-order valence-electron chi connectivity index (χ2n) is 7.48. The van der Waals surface area contributed by atoms with Gasteiger partial charge in [-0.25, -0.2) is 0 Å². The first kappa shape index (κ1) is 24.1. The summed E-state index contributed by atoms with van der Waals surface area (Å²) in [6.45, 7) is 3.59. The van der Waals surface area contributed by atoms with Crippen LogP contribution in [0.25, 0.3) is 0 Å². The van der Waals surface area contributed by atoms with Gasteiger partial charge in [-0.05, 0) is 50.5 Å². The van der Waals surface area contributed by atoms with Crippen LogP contribution in [-0.2, 0) is 23.9 Å². The number of rotatable bonds is 13. The van der Waals surface area contributed by atoms with Gasteiger partial charge in [0.1, 0.15) is 11.9 Å². The maximum absolute atomic E-state index is 12.3. The highest BCUT2D eigenvalue weighted by atomic mass is 16.5. The minimum atomic E-state index is -0.264. The molecule has 1 fully saturated rings. The molecule has 0 aromatic heterocycles. The van der Waals surface area contributed by atoms with E-state index in [0.717, 1.165) is 51.4 Å². The lowest BCUT2D eigenvalue weighted by Gasteiger charge is -2.16. The topological polar surface area (TPSA) is 69.7 Å². The first-order chi connectivity index (χ1) is 13.5. The van der Waals surface area contributed by atoms with Gasteiger partial charge in [0.15, 0.2) is 0 Å². The highest BCUT2D eigenvalue weighted by Gasteiger charge is 2.32. The first-order valence-corrected chi connectivity index (χ1v) is 10.6. The average molecular weight is 393 g/mol. The van der Waals surface area contributed by atoms with E-state index in [1.165, 1.54) is 14.0 Å². The number of carbonyl (C=O) groups is 3. The van der Waals surface area contributed by atoms with Crippen LogP contribution in [0.2, 0.25) is 0 Å². The molecule has 0 saturated heterocycles. The van der Waals surface area contributed by atoms with Gasteiger partial charge in [-0.1, -0.05) is 38.0 Å². The Morgan fingerprint density at radius 3 is 2.68 bits per heavy atom. The fourth-order valence-electron chi connectivity index (χ4n) is 3.57. The molecule has 0 spiro atoms. The Balaban J connectivity index is 2.52. The van der Waals surface area contributed by atoms with Crippen LogP contribution in [-0.4, -0.2) is 30.9 Å². The zero-order chi connectivity index (χ0) is 20.8. The standard InChI is InChI=1S/C23H36O5/c1-4-5-8-11-20(28-18(2)24)16-14-19-15-17-22(25)21(19)12-9-6-7-10-13-23(26)27-3/h6,9,14,16,19-21H,4-5,7-8,10-13,15,17H2,1-3H3/b9-6-,16-14?/t19-,20?,21+/m1/s1. The Bertz CT molecular complexity index is 549. The molecule has 1 aliphatic carbocycles. The molecular formula is C23H36O5. The lowest BCUT2D eigenvalue weighted by atomic mass is 9.91. The number of allylic oxidation sites excluding steroid dienone is 3. The fraction of sp³-hybridized carbons (Fsp3) is 0.696. The lowest BCUT2D eigenvalue weighted by molar-refractivity contribution is -0.144. The first-order valence-electron chi connectivity index (χ1n) is 10.6. The molecule has 0 radical (unpaired) electrons. The van der Waals surface area contributed by atoms with Crippen molar-refractivity contribution in [2.24, 2.45) is 11.8 Å². The van der Waals surface area contributed by atoms with Crippen molar-refractivity contribution in [3.05, 3.63) is 24.3 Å². The van der Waals surface area contributed by atoms with E-state index < -0.39 is 0 Å². The van der Waals surface area contributed by atoms with Crippen LogP contribution in [0.4, 0.5) is 0 Å². The van der Waals surface area contributed by atoms with E-state index in [0.29, 0.717) is 18.6 Å². The number of ketones is 1. The molecule has 28 heavy (non-hydrogen) atoms. The molecule has 1 rings (SSSR count). The van der Waals surface area contributed by atoms with Crippen LogP contribution >= 0.6 is 0 Å². The second-order valence-corrected chi connectivity index (χ2v) is 7.48. The molecule has 1 saturated carbocycles. The largest absolute Gasteiger partial charge is 0.469 e. The van der Waals surface area contributed by atoms with Crippen molar-refractivity contribution in [1.82, 2.24) is 0 Å². The summed E-state index contributed by atoms with van der Waals surface area (Å²) in [5.41, 5.74) is 0. The van der Waals surface area contributed by atoms with Crippen LogP contribution < -0.4 is 0 Å². The van der Waals surface area contributed by atoms with Gasteiger partial charge in [0.05, 0.1) is 7.11 Å². The summed E-state index contributed by atoms with van der Waals surface area (Å²) >= 11 is 0. The zero-order valence-corrected chi connectivity index (χ0v) is 17.7. The Morgan fingerprint density at radius 1 is 1.21 bits per heavy atom. The van der Waals surface area contributed by atoms with Gasteiger partial charge in [0.25, 0.3) is 0 Å². The molecule has 1 aliphatic rings. The van der Waals surface area contributed by atoms with Crippen molar-refractivity contribution in [1.29, 1.82) is 0 Å². The number of esters is 2. The van der Waals surface area contributed by atoms with E-state index in [2.05, 4.69) is 23.8 Å². The number of hydrogen-bond donors (Lipinski definition) is 0. The number of unbranched alkanes of at least 4 members (excludes halogenated alkanes) is 3. The Morgan fingerprint density at radius 2 is 2.00 bits per heavy atom. The van der Waals surface area contributed by atoms with E-state index in [1.807, 2.05) is 12.2 Å². The number of carbonyl (C=O) groups excluding carboxylic acids is 3. The molecule has 0 aromatic rings. The Kier molecular flexibility index (Phi) is 12.2. The van der Waals surface area contributed by atoms with Crippen molar-refractivity contribution in [3.8, 4) is 0 Å². The van der Waals surface area contributed by atoms with Gasteiger partial charge >= 0.3 is 11.9 Å². The van der Waals surface area contributed by atoms with Crippen LogP contribution in [0.1, 0.15) is 78.1 Å². The molecule has 0 N–H and O–H groups in total. The predicted octanol–water partition coefficient (Wildman–Crippen LogP) is 4.94. The van der Waals surface area contributed by atoms with E-state index in [9.17, 15) is 14.4 Å². The number of hydrogen-bond acceptors (Lipinski definition) is 5. The molecule has 5 heteroatoms. The van der Waals surface area contributed by atoms with E-state index in [1.54, 1.807) is 0 Å². The van der Waals surface area contributed by atoms with Crippen molar-refractivity contribution in [2.45, 2.75) is 84.2 Å². The van der Waals surface area contributed by atoms with Crippen molar-refractivity contribution >= 4 is 17.7 Å². The van der Waals surface area contributed by atoms with E-state index >= 15 is 0 Å². The van der Waals surface area contributed by atoms with Crippen molar-refractivity contribution in [3.63, 3.8) is 0 Å². The summed E-state index contributed by atoms with van der Waals surface area (Å²) in [5, 5.41) is 0. The number of ether oxygens (including phenoxy) is 2. The van der Waals surface area contributed by atoms with Crippen molar-refractivity contribution in [2.75, 3.05) is 7.11 Å². The molecular weight excluding hydrogens is 356 g/mol. The van der Waals surface area contributed by atoms with Crippen LogP contribution in [0, 0.1) is 11.8 Å². The minimum Gasteiger partial charge on any atom is -0.469 e. The Hall–Kier alpha value is -1.91. The van der Waals surface area contributed by atoms with Gasteiger partial charge in [-0.15, -0.1) is 0 Å². The molecule has 5 nitrogen and oxygen atoms in total. The van der Waals surface area contributed by atoms with Crippen LogP contribution in [0.15, 0.2) is 24.3 Å². The third kappa shape index (κ3) is 9.86. The third-order valence-corrected chi connectivity index (χ3v) is 5.17. The van der Waals surface area contributed by atoms with Gasteiger partial charge < -0.3 is 9.47 Å². The van der Waals surface area contributed by atoms with Gasteiger partial charge in [0.2, 0.25) is 0 Å². The SMILES string of the molecule is CCCCCC(C=C[C@@H]1CCC(=O)[C@H]1C/C=C\CCCC(=O)OC)OC(C)=O. The summed E-state index contributed by atoms with van der Waals surface area (Å²) in [5.74, 6) is 0.0630. The van der Waals surface area contributed by atoms with E-state index in [-0.39, 0.29) is 29.9 Å². The summed E-state index contributed by atoms with van der Waals surface area (Å²) in [6.07, 6.45) is 16.2. The third-order valence-electron chi connectivity index (χ3n) is 5.17. The normalized spacial score (nSPS) is 20.8. The molecule has 0 aliphatic heterocycles. The zero-order valence-electron chi connectivity index (χ0n) is 17.7. The van der Waals surface area contributed by atoms with Gasteiger partial charge in [0, 0.05) is 25.7 Å². The maximum Gasteiger partial charge on any atom is 0.305 e. The molecule has 158 valence electrons. The smallest absolute Gasteiger partial charge is 0.305 e. The average Bonchev–Trinajstić information content (AvgIpc) is 3.01. The highest BCUT2D eigenvalue weighted by molar-refractivity contribution is 5.83. The molecule has 0 heterocycles. The summed E-state index contributed by atoms with van der Waals surface area (Å²) in [6, 6.07) is 0. The van der Waals surface area contributed by atoms with Crippen LogP contribution in [0.5, 0.6) is 0 Å². The van der Waals surface area contributed by atoms with E-state index in [4.69, 9.17) is 4.74 Å². The van der Waals surface area contributed by atoms with Gasteiger partial charge in [-0.3, -0.25) is 14.4 Å². The fourth-order valence-corrected chi connectivity index (χ4v) is 3.57. The second kappa shape index (κ2) is 14.1. The molecule has 3 atom stereocenters. The summed E-state index contributed by atoms with van der Waals surface area (Å²) in [7, 11) is 1.40. The quantitative estimate of drug-likeness (QED) is 0.252. The highest BCUT2D eigenvalue weighted by Crippen LogP contribution is 2.33. The van der Waals surface area contributed by atoms with Gasteiger partial charge in [-0.2, -0.15) is 0 Å². The van der Waals surface area contributed by atoms with Crippen molar-refractivity contribution < 1.29 is 23.9 Å². The molecule has 0 amide bonds. The van der Waals surface area contributed by atoms with Crippen LogP contribution in [0.3, 0.4) is 0 Å². The minimum absolute atomic E-state index is 0.00160. The molecule has 1 unspecified atom stereocenters. The predicted molar refractivity (Wildman–Crippen MR) is 110 cm³/mol. The molecule has 0 bridgehead atoms. The number of methoxy groups -OCH3 is 1. The molecule has 0 aromatic carbocycles. The lowest BCUT2D eigenvalue weighted by Crippen LogP contribution is -2.16.